The van der Waals surface area contributed by atoms with E-state index in [0.717, 1.165) is 25.1 Å². The Labute approximate surface area is 214 Å². The minimum Gasteiger partial charge on any atom is -0.351 e. The van der Waals surface area contributed by atoms with E-state index >= 15 is 0 Å². The second-order valence-corrected chi connectivity index (χ2v) is 9.90. The van der Waals surface area contributed by atoms with Crippen LogP contribution in [0.25, 0.3) is 11.0 Å². The number of nitrogens with zero attached hydrogens (tertiary/aromatic N) is 7. The molecule has 0 spiro atoms. The van der Waals surface area contributed by atoms with E-state index in [-0.39, 0.29) is 17.1 Å². The first-order chi connectivity index (χ1) is 17.8. The highest BCUT2D eigenvalue weighted by Gasteiger charge is 2.31. The lowest BCUT2D eigenvalue weighted by atomic mass is 10.0. The molecule has 192 valence electrons. The van der Waals surface area contributed by atoms with Crippen LogP contribution in [-0.4, -0.2) is 65.9 Å². The highest BCUT2D eigenvalue weighted by molar-refractivity contribution is 5.96. The number of fused-ring (bicyclic) bond motifs is 1. The zero-order valence-corrected chi connectivity index (χ0v) is 21.2. The number of carbonyl (C=O) groups excluding carboxylic acids is 1. The first-order valence-electron chi connectivity index (χ1n) is 12.3. The molecule has 0 atom stereocenters. The van der Waals surface area contributed by atoms with Crippen LogP contribution in [0.2, 0.25) is 0 Å². The Morgan fingerprint density at radius 3 is 2.81 bits per heavy atom. The van der Waals surface area contributed by atoms with Crippen molar-refractivity contribution in [2.24, 2.45) is 7.05 Å². The second-order valence-electron chi connectivity index (χ2n) is 9.90. The van der Waals surface area contributed by atoms with E-state index in [2.05, 4.69) is 54.6 Å². The average molecular weight is 504 g/mol. The van der Waals surface area contributed by atoms with Crippen molar-refractivity contribution in [3.8, 4) is 0 Å². The average Bonchev–Trinajstić information content (AvgIpc) is 3.38. The van der Waals surface area contributed by atoms with E-state index in [4.69, 9.17) is 0 Å². The van der Waals surface area contributed by atoms with Crippen LogP contribution >= 0.6 is 0 Å². The van der Waals surface area contributed by atoms with Crippen molar-refractivity contribution in [2.45, 2.75) is 38.6 Å². The summed E-state index contributed by atoms with van der Waals surface area (Å²) >= 11 is 0. The van der Waals surface area contributed by atoms with Gasteiger partial charge in [-0.3, -0.25) is 9.69 Å². The van der Waals surface area contributed by atoms with Crippen molar-refractivity contribution < 1.29 is 9.18 Å². The topological polar surface area (TPSA) is 114 Å². The molecule has 1 aliphatic rings. The Morgan fingerprint density at radius 1 is 1.19 bits per heavy atom. The number of nitrogens with one attached hydrogen (secondary N) is 2. The van der Waals surface area contributed by atoms with Gasteiger partial charge >= 0.3 is 0 Å². The lowest BCUT2D eigenvalue weighted by molar-refractivity contribution is 0.0940. The normalized spacial score (nSPS) is 15.2. The summed E-state index contributed by atoms with van der Waals surface area (Å²) in [6.45, 7) is 6.81. The minimum atomic E-state index is -0.489. The van der Waals surface area contributed by atoms with E-state index in [9.17, 15) is 9.18 Å². The van der Waals surface area contributed by atoms with Gasteiger partial charge in [-0.05, 0) is 63.1 Å². The molecular formula is C26H30FN9O. The van der Waals surface area contributed by atoms with Crippen LogP contribution < -0.4 is 10.6 Å². The molecule has 4 heterocycles. The third-order valence-corrected chi connectivity index (χ3v) is 6.86. The number of anilines is 2. The lowest BCUT2D eigenvalue weighted by Crippen LogP contribution is -2.43. The Bertz CT molecular complexity index is 1420. The molecule has 4 aromatic rings. The SMILES string of the molecule is Cn1nc(Nc2cc(C(=O)NCCN3CCCC3(C)C)ccc2F)c2cnc(Cc3ccnnc3)nc21. The van der Waals surface area contributed by atoms with Crippen LogP contribution in [0.4, 0.5) is 15.9 Å². The van der Waals surface area contributed by atoms with Gasteiger partial charge < -0.3 is 10.6 Å². The van der Waals surface area contributed by atoms with Gasteiger partial charge in [0.2, 0.25) is 0 Å². The fourth-order valence-electron chi connectivity index (χ4n) is 4.73. The summed E-state index contributed by atoms with van der Waals surface area (Å²) in [5.41, 5.74) is 2.23. The summed E-state index contributed by atoms with van der Waals surface area (Å²) in [6, 6.07) is 6.12. The van der Waals surface area contributed by atoms with E-state index in [1.807, 2.05) is 6.07 Å². The van der Waals surface area contributed by atoms with E-state index < -0.39 is 5.82 Å². The number of rotatable bonds is 8. The van der Waals surface area contributed by atoms with Crippen molar-refractivity contribution >= 4 is 28.4 Å². The molecule has 1 saturated heterocycles. The summed E-state index contributed by atoms with van der Waals surface area (Å²) in [4.78, 5) is 24.2. The Hall–Kier alpha value is -3.99. The monoisotopic (exact) mass is 503 g/mol. The minimum absolute atomic E-state index is 0.153. The molecule has 0 bridgehead atoms. The molecular weight excluding hydrogens is 473 g/mol. The number of benzene rings is 1. The third-order valence-electron chi connectivity index (χ3n) is 6.86. The molecule has 3 aromatic heterocycles. The summed E-state index contributed by atoms with van der Waals surface area (Å²) in [5.74, 6) is 0.279. The van der Waals surface area contributed by atoms with Crippen LogP contribution in [0.15, 0.2) is 42.9 Å². The molecule has 11 heteroatoms. The van der Waals surface area contributed by atoms with E-state index in [1.165, 1.54) is 24.6 Å². The first-order valence-corrected chi connectivity index (χ1v) is 12.3. The predicted molar refractivity (Wildman–Crippen MR) is 138 cm³/mol. The molecule has 1 aliphatic heterocycles. The van der Waals surface area contributed by atoms with Crippen molar-refractivity contribution in [2.75, 3.05) is 25.0 Å². The molecule has 1 fully saturated rings. The van der Waals surface area contributed by atoms with Gasteiger partial charge in [-0.1, -0.05) is 0 Å². The highest BCUT2D eigenvalue weighted by atomic mass is 19.1. The number of hydrogen-bond donors (Lipinski definition) is 2. The van der Waals surface area contributed by atoms with Crippen LogP contribution in [0.1, 0.15) is 48.4 Å². The number of hydrogen-bond acceptors (Lipinski definition) is 8. The van der Waals surface area contributed by atoms with Crippen molar-refractivity contribution in [3.63, 3.8) is 0 Å². The summed E-state index contributed by atoms with van der Waals surface area (Å²) < 4.78 is 16.3. The smallest absolute Gasteiger partial charge is 0.251 e. The number of aryl methyl sites for hydroxylation is 1. The van der Waals surface area contributed by atoms with Crippen molar-refractivity contribution in [1.29, 1.82) is 0 Å². The van der Waals surface area contributed by atoms with Crippen molar-refractivity contribution in [1.82, 2.24) is 40.2 Å². The van der Waals surface area contributed by atoms with Crippen LogP contribution in [0, 0.1) is 5.82 Å². The van der Waals surface area contributed by atoms with E-state index in [1.54, 1.807) is 30.3 Å². The molecule has 1 aromatic carbocycles. The lowest BCUT2D eigenvalue weighted by Gasteiger charge is -2.31. The fraction of sp³-hybridized carbons (Fsp3) is 0.385. The van der Waals surface area contributed by atoms with Gasteiger partial charge in [-0.2, -0.15) is 15.3 Å². The summed E-state index contributed by atoms with van der Waals surface area (Å²) in [6.07, 6.45) is 7.78. The number of likely N-dealkylation sites (tertiary alicyclic amines) is 1. The van der Waals surface area contributed by atoms with Gasteiger partial charge in [0, 0.05) is 50.1 Å². The molecule has 10 nitrogen and oxygen atoms in total. The largest absolute Gasteiger partial charge is 0.351 e. The van der Waals surface area contributed by atoms with Gasteiger partial charge in [0.25, 0.3) is 5.91 Å². The van der Waals surface area contributed by atoms with Crippen molar-refractivity contribution in [3.05, 3.63) is 65.6 Å². The molecule has 0 radical (unpaired) electrons. The summed E-state index contributed by atoms with van der Waals surface area (Å²) in [5, 5.41) is 18.7. The molecule has 0 unspecified atom stereocenters. The molecule has 37 heavy (non-hydrogen) atoms. The van der Waals surface area contributed by atoms with Crippen LogP contribution in [0.5, 0.6) is 0 Å². The van der Waals surface area contributed by atoms with Gasteiger partial charge in [0.05, 0.1) is 17.3 Å². The molecule has 1 amide bonds. The Kier molecular flexibility index (Phi) is 6.79. The number of aromatic nitrogens is 6. The predicted octanol–water partition coefficient (Wildman–Crippen LogP) is 3.23. The molecule has 0 aliphatic carbocycles. The van der Waals surface area contributed by atoms with Gasteiger partial charge in [0.1, 0.15) is 11.6 Å². The maximum atomic E-state index is 14.7. The maximum absolute atomic E-state index is 14.7. The van der Waals surface area contributed by atoms with Gasteiger partial charge in [-0.25, -0.2) is 19.0 Å². The number of halogens is 1. The van der Waals surface area contributed by atoms with Crippen LogP contribution in [0.3, 0.4) is 0 Å². The van der Waals surface area contributed by atoms with Gasteiger partial charge in [0.15, 0.2) is 11.5 Å². The zero-order chi connectivity index (χ0) is 26.0. The summed E-state index contributed by atoms with van der Waals surface area (Å²) in [7, 11) is 1.76. The molecule has 5 rings (SSSR count). The van der Waals surface area contributed by atoms with Crippen LogP contribution in [-0.2, 0) is 13.5 Å². The third kappa shape index (κ3) is 5.41. The quantitative estimate of drug-likeness (QED) is 0.377. The number of amides is 1. The second kappa shape index (κ2) is 10.2. The Balaban J connectivity index is 1.29. The highest BCUT2D eigenvalue weighted by Crippen LogP contribution is 2.28. The maximum Gasteiger partial charge on any atom is 0.251 e. The first kappa shape index (κ1) is 24.7. The molecule has 0 saturated carbocycles. The standard InChI is InChI=1S/C26H30FN9O/c1-26(2)8-4-11-36(26)12-10-28-25(37)18-5-6-20(27)21(14-18)32-23-19-16-29-22(33-24(19)35(3)34-23)13-17-7-9-30-31-15-17/h5-7,9,14-16H,4,8,10-13H2,1-3H3,(H,28,37)(H,32,34). The van der Waals surface area contributed by atoms with Gasteiger partial charge in [-0.15, -0.1) is 0 Å². The zero-order valence-electron chi connectivity index (χ0n) is 21.2. The van der Waals surface area contributed by atoms with E-state index in [0.29, 0.717) is 41.2 Å². The molecule has 2 N–H and O–H groups in total. The fourth-order valence-corrected chi connectivity index (χ4v) is 4.73. The number of carbonyl (C=O) groups is 1. The Morgan fingerprint density at radius 2 is 2.05 bits per heavy atom.